The van der Waals surface area contributed by atoms with E-state index in [2.05, 4.69) is 0 Å². The van der Waals surface area contributed by atoms with Gasteiger partial charge in [-0.25, -0.2) is 0 Å². The lowest BCUT2D eigenvalue weighted by atomic mass is 9.97. The lowest BCUT2D eigenvalue weighted by molar-refractivity contribution is -0.154. The quantitative estimate of drug-likeness (QED) is 0.779. The summed E-state index contributed by atoms with van der Waals surface area (Å²) in [7, 11) is 0. The Morgan fingerprint density at radius 1 is 1.26 bits per heavy atom. The first kappa shape index (κ1) is 13.3. The molecular formula is C15H16O4. The summed E-state index contributed by atoms with van der Waals surface area (Å²) in [5.74, 6) is -0.262. The summed E-state index contributed by atoms with van der Waals surface area (Å²) in [6.45, 7) is 5.57. The van der Waals surface area contributed by atoms with Crippen molar-refractivity contribution in [3.05, 3.63) is 46.3 Å². The molecule has 0 bridgehead atoms. The molecule has 4 heteroatoms. The molecule has 100 valence electrons. The number of ether oxygens (including phenoxy) is 1. The van der Waals surface area contributed by atoms with Gasteiger partial charge in [0.1, 0.15) is 12.2 Å². The maximum atomic E-state index is 11.7. The third-order valence-electron chi connectivity index (χ3n) is 2.71. The average Bonchev–Trinajstić information content (AvgIpc) is 2.35. The first-order valence-corrected chi connectivity index (χ1v) is 6.05. The SMILES string of the molecule is CC(C)(C)C(=O)OCc1ccc2c(=O)ccoc2c1. The van der Waals surface area contributed by atoms with Crippen LogP contribution in [0.3, 0.4) is 0 Å². The number of fused-ring (bicyclic) bond motifs is 1. The maximum Gasteiger partial charge on any atom is 0.311 e. The summed E-state index contributed by atoms with van der Waals surface area (Å²) in [5.41, 5.74) is 0.680. The zero-order valence-corrected chi connectivity index (χ0v) is 11.2. The van der Waals surface area contributed by atoms with Gasteiger partial charge in [-0.05, 0) is 38.5 Å². The Hall–Kier alpha value is -2.10. The molecule has 4 nitrogen and oxygen atoms in total. The minimum atomic E-state index is -0.524. The molecule has 0 N–H and O–H groups in total. The van der Waals surface area contributed by atoms with Crippen molar-refractivity contribution < 1.29 is 13.9 Å². The summed E-state index contributed by atoms with van der Waals surface area (Å²) in [5, 5.41) is 0.522. The smallest absolute Gasteiger partial charge is 0.311 e. The molecular weight excluding hydrogens is 244 g/mol. The molecule has 2 aromatic rings. The van der Waals surface area contributed by atoms with Crippen molar-refractivity contribution in [2.24, 2.45) is 5.41 Å². The Labute approximate surface area is 111 Å². The highest BCUT2D eigenvalue weighted by Crippen LogP contribution is 2.18. The van der Waals surface area contributed by atoms with E-state index in [1.807, 2.05) is 0 Å². The Balaban J connectivity index is 2.19. The molecule has 0 aliphatic heterocycles. The summed E-state index contributed by atoms with van der Waals surface area (Å²) in [6.07, 6.45) is 1.36. The second kappa shape index (κ2) is 4.88. The highest BCUT2D eigenvalue weighted by molar-refractivity contribution is 5.77. The summed E-state index contributed by atoms with van der Waals surface area (Å²) in [4.78, 5) is 23.2. The maximum absolute atomic E-state index is 11.7. The van der Waals surface area contributed by atoms with Crippen molar-refractivity contribution in [1.82, 2.24) is 0 Å². The van der Waals surface area contributed by atoms with Crippen LogP contribution in [0, 0.1) is 5.41 Å². The molecule has 2 rings (SSSR count). The highest BCUT2D eigenvalue weighted by atomic mass is 16.5. The lowest BCUT2D eigenvalue weighted by Crippen LogP contribution is -2.22. The van der Waals surface area contributed by atoms with Crippen LogP contribution in [0.5, 0.6) is 0 Å². The highest BCUT2D eigenvalue weighted by Gasteiger charge is 2.22. The molecule has 0 aliphatic carbocycles. The van der Waals surface area contributed by atoms with Crippen molar-refractivity contribution in [1.29, 1.82) is 0 Å². The van der Waals surface area contributed by atoms with E-state index in [-0.39, 0.29) is 18.0 Å². The van der Waals surface area contributed by atoms with Crippen LogP contribution in [0.1, 0.15) is 26.3 Å². The minimum Gasteiger partial charge on any atom is -0.464 e. The zero-order chi connectivity index (χ0) is 14.0. The standard InChI is InChI=1S/C15H16O4/c1-15(2,3)14(17)19-9-10-4-5-11-12(16)6-7-18-13(11)8-10/h4-8H,9H2,1-3H3. The number of carbonyl (C=O) groups is 1. The first-order chi connectivity index (χ1) is 8.88. The van der Waals surface area contributed by atoms with E-state index >= 15 is 0 Å². The number of benzene rings is 1. The Morgan fingerprint density at radius 2 is 2.00 bits per heavy atom. The second-order valence-corrected chi connectivity index (χ2v) is 5.44. The number of hydrogen-bond acceptors (Lipinski definition) is 4. The van der Waals surface area contributed by atoms with Gasteiger partial charge >= 0.3 is 5.97 Å². The van der Waals surface area contributed by atoms with E-state index in [4.69, 9.17) is 9.15 Å². The molecule has 0 unspecified atom stereocenters. The molecule has 1 aromatic carbocycles. The van der Waals surface area contributed by atoms with Gasteiger partial charge in [0.2, 0.25) is 0 Å². The van der Waals surface area contributed by atoms with Crippen LogP contribution >= 0.6 is 0 Å². The predicted octanol–water partition coefficient (Wildman–Crippen LogP) is 2.88. The van der Waals surface area contributed by atoms with Crippen molar-refractivity contribution in [3.8, 4) is 0 Å². The second-order valence-electron chi connectivity index (χ2n) is 5.44. The lowest BCUT2D eigenvalue weighted by Gasteiger charge is -2.16. The van der Waals surface area contributed by atoms with E-state index in [0.29, 0.717) is 11.0 Å². The zero-order valence-electron chi connectivity index (χ0n) is 11.2. The largest absolute Gasteiger partial charge is 0.464 e. The van der Waals surface area contributed by atoms with Crippen molar-refractivity contribution in [2.45, 2.75) is 27.4 Å². The van der Waals surface area contributed by atoms with Gasteiger partial charge in [-0.1, -0.05) is 6.07 Å². The van der Waals surface area contributed by atoms with Gasteiger partial charge in [-0.2, -0.15) is 0 Å². The monoisotopic (exact) mass is 260 g/mol. The Kier molecular flexibility index (Phi) is 3.42. The predicted molar refractivity (Wildman–Crippen MR) is 71.7 cm³/mol. The van der Waals surface area contributed by atoms with Crippen LogP contribution in [0.15, 0.2) is 39.7 Å². The van der Waals surface area contributed by atoms with Crippen LogP contribution in [0.4, 0.5) is 0 Å². The average molecular weight is 260 g/mol. The van der Waals surface area contributed by atoms with E-state index in [1.54, 1.807) is 39.0 Å². The van der Waals surface area contributed by atoms with Crippen LogP contribution in [-0.4, -0.2) is 5.97 Å². The fraction of sp³-hybridized carbons (Fsp3) is 0.333. The third kappa shape index (κ3) is 3.02. The van der Waals surface area contributed by atoms with E-state index in [9.17, 15) is 9.59 Å². The molecule has 1 heterocycles. The topological polar surface area (TPSA) is 56.5 Å². The van der Waals surface area contributed by atoms with Gasteiger partial charge in [-0.3, -0.25) is 9.59 Å². The molecule has 1 aromatic heterocycles. The molecule has 19 heavy (non-hydrogen) atoms. The van der Waals surface area contributed by atoms with Crippen molar-refractivity contribution in [2.75, 3.05) is 0 Å². The number of hydrogen-bond donors (Lipinski definition) is 0. The molecule has 0 saturated carbocycles. The number of rotatable bonds is 2. The van der Waals surface area contributed by atoms with E-state index in [1.165, 1.54) is 12.3 Å². The van der Waals surface area contributed by atoms with E-state index in [0.717, 1.165) is 5.56 Å². The molecule has 0 amide bonds. The van der Waals surface area contributed by atoms with Crippen LogP contribution in [0.2, 0.25) is 0 Å². The van der Waals surface area contributed by atoms with Crippen LogP contribution in [0.25, 0.3) is 11.0 Å². The summed E-state index contributed by atoms with van der Waals surface area (Å²) < 4.78 is 10.5. The van der Waals surface area contributed by atoms with Gasteiger partial charge in [0, 0.05) is 6.07 Å². The summed E-state index contributed by atoms with van der Waals surface area (Å²) in [6, 6.07) is 6.53. The van der Waals surface area contributed by atoms with Gasteiger partial charge in [0.25, 0.3) is 0 Å². The van der Waals surface area contributed by atoms with Gasteiger partial charge in [0.15, 0.2) is 5.43 Å². The minimum absolute atomic E-state index is 0.0838. The van der Waals surface area contributed by atoms with Crippen molar-refractivity contribution in [3.63, 3.8) is 0 Å². The third-order valence-corrected chi connectivity index (χ3v) is 2.71. The Morgan fingerprint density at radius 3 is 2.68 bits per heavy atom. The fourth-order valence-electron chi connectivity index (χ4n) is 1.58. The first-order valence-electron chi connectivity index (χ1n) is 6.05. The number of carbonyl (C=O) groups excluding carboxylic acids is 1. The van der Waals surface area contributed by atoms with E-state index < -0.39 is 5.41 Å². The van der Waals surface area contributed by atoms with Crippen LogP contribution < -0.4 is 5.43 Å². The normalized spacial score (nSPS) is 11.5. The van der Waals surface area contributed by atoms with Crippen molar-refractivity contribution >= 4 is 16.9 Å². The molecule has 0 fully saturated rings. The molecule has 0 spiro atoms. The molecule has 0 saturated heterocycles. The van der Waals surface area contributed by atoms with Gasteiger partial charge in [0.05, 0.1) is 17.1 Å². The molecule has 0 atom stereocenters. The number of esters is 1. The fourth-order valence-corrected chi connectivity index (χ4v) is 1.58. The van der Waals surface area contributed by atoms with Crippen LogP contribution in [-0.2, 0) is 16.1 Å². The molecule has 0 radical (unpaired) electrons. The van der Waals surface area contributed by atoms with Gasteiger partial charge in [-0.15, -0.1) is 0 Å². The Bertz CT molecular complexity index is 662. The van der Waals surface area contributed by atoms with Gasteiger partial charge < -0.3 is 9.15 Å². The summed E-state index contributed by atoms with van der Waals surface area (Å²) >= 11 is 0. The molecule has 0 aliphatic rings.